The molecule has 0 unspecified atom stereocenters. The van der Waals surface area contributed by atoms with Gasteiger partial charge >= 0.3 is 0 Å². The van der Waals surface area contributed by atoms with Gasteiger partial charge in [-0.2, -0.15) is 5.10 Å². The van der Waals surface area contributed by atoms with Gasteiger partial charge in [0.2, 0.25) is 0 Å². The van der Waals surface area contributed by atoms with Crippen LogP contribution in [0.5, 0.6) is 0 Å². The molecule has 1 spiro atoms. The SMILES string of the molecule is CC(C)(C)n1cc2c(n1)C1(CCC2)CCC1. The maximum absolute atomic E-state index is 4.91. The van der Waals surface area contributed by atoms with Crippen molar-refractivity contribution in [1.82, 2.24) is 9.78 Å². The molecule has 0 N–H and O–H groups in total. The van der Waals surface area contributed by atoms with Crippen molar-refractivity contribution < 1.29 is 0 Å². The summed E-state index contributed by atoms with van der Waals surface area (Å²) in [6.45, 7) is 6.71. The topological polar surface area (TPSA) is 17.8 Å². The van der Waals surface area contributed by atoms with Crippen LogP contribution in [0.3, 0.4) is 0 Å². The van der Waals surface area contributed by atoms with Gasteiger partial charge in [-0.3, -0.25) is 4.68 Å². The first-order valence-corrected chi connectivity index (χ1v) is 6.61. The van der Waals surface area contributed by atoms with Gasteiger partial charge in [0.05, 0.1) is 11.2 Å². The Kier molecular flexibility index (Phi) is 2.02. The third-order valence-corrected chi connectivity index (χ3v) is 4.39. The van der Waals surface area contributed by atoms with E-state index in [2.05, 4.69) is 31.6 Å². The fraction of sp³-hybridized carbons (Fsp3) is 0.786. The van der Waals surface area contributed by atoms with Gasteiger partial charge in [-0.1, -0.05) is 6.42 Å². The lowest BCUT2D eigenvalue weighted by atomic mass is 9.61. The number of hydrogen-bond acceptors (Lipinski definition) is 1. The lowest BCUT2D eigenvalue weighted by molar-refractivity contribution is 0.199. The van der Waals surface area contributed by atoms with E-state index in [0.29, 0.717) is 5.41 Å². The van der Waals surface area contributed by atoms with Crippen molar-refractivity contribution in [2.75, 3.05) is 0 Å². The van der Waals surface area contributed by atoms with E-state index in [-0.39, 0.29) is 5.54 Å². The van der Waals surface area contributed by atoms with E-state index < -0.39 is 0 Å². The lowest BCUT2D eigenvalue weighted by Gasteiger charge is -2.43. The van der Waals surface area contributed by atoms with Crippen molar-refractivity contribution in [2.45, 2.75) is 70.3 Å². The molecule has 2 nitrogen and oxygen atoms in total. The van der Waals surface area contributed by atoms with Gasteiger partial charge in [-0.25, -0.2) is 0 Å². The Balaban J connectivity index is 2.05. The van der Waals surface area contributed by atoms with Crippen LogP contribution in [-0.2, 0) is 17.4 Å². The molecule has 0 atom stereocenters. The van der Waals surface area contributed by atoms with E-state index in [4.69, 9.17) is 5.10 Å². The summed E-state index contributed by atoms with van der Waals surface area (Å²) >= 11 is 0. The van der Waals surface area contributed by atoms with Gasteiger partial charge in [0.15, 0.2) is 0 Å². The van der Waals surface area contributed by atoms with Crippen molar-refractivity contribution in [2.24, 2.45) is 0 Å². The molecule has 2 aliphatic carbocycles. The largest absolute Gasteiger partial charge is 0.267 e. The van der Waals surface area contributed by atoms with Crippen LogP contribution in [0.4, 0.5) is 0 Å². The van der Waals surface area contributed by atoms with Crippen molar-refractivity contribution in [1.29, 1.82) is 0 Å². The second-order valence-corrected chi connectivity index (χ2v) is 6.61. The Morgan fingerprint density at radius 2 is 1.88 bits per heavy atom. The molecule has 16 heavy (non-hydrogen) atoms. The fourth-order valence-corrected chi connectivity index (χ4v) is 3.21. The van der Waals surface area contributed by atoms with E-state index in [0.717, 1.165) is 0 Å². The summed E-state index contributed by atoms with van der Waals surface area (Å²) in [6.07, 6.45) is 10.4. The molecule has 2 heteroatoms. The van der Waals surface area contributed by atoms with E-state index in [1.165, 1.54) is 49.8 Å². The monoisotopic (exact) mass is 218 g/mol. The summed E-state index contributed by atoms with van der Waals surface area (Å²) in [4.78, 5) is 0. The highest BCUT2D eigenvalue weighted by molar-refractivity contribution is 5.31. The van der Waals surface area contributed by atoms with Crippen LogP contribution in [-0.4, -0.2) is 9.78 Å². The van der Waals surface area contributed by atoms with Gasteiger partial charge < -0.3 is 0 Å². The van der Waals surface area contributed by atoms with Crippen LogP contribution < -0.4 is 0 Å². The minimum atomic E-state index is 0.127. The van der Waals surface area contributed by atoms with E-state index in [1.54, 1.807) is 0 Å². The highest BCUT2D eigenvalue weighted by Crippen LogP contribution is 2.50. The first-order chi connectivity index (χ1) is 7.51. The standard InChI is InChI=1S/C14H22N2/c1-13(2,3)16-10-11-6-4-7-14(8-5-9-14)12(11)15-16/h10H,4-9H2,1-3H3. The highest BCUT2D eigenvalue weighted by atomic mass is 15.3. The molecule has 1 aromatic heterocycles. The first-order valence-electron chi connectivity index (χ1n) is 6.61. The first kappa shape index (κ1) is 10.4. The summed E-state index contributed by atoms with van der Waals surface area (Å²) in [7, 11) is 0. The van der Waals surface area contributed by atoms with E-state index in [1.807, 2.05) is 0 Å². The fourth-order valence-electron chi connectivity index (χ4n) is 3.21. The zero-order valence-corrected chi connectivity index (χ0v) is 10.7. The van der Waals surface area contributed by atoms with E-state index >= 15 is 0 Å². The minimum Gasteiger partial charge on any atom is -0.267 e. The van der Waals surface area contributed by atoms with Crippen LogP contribution in [0.15, 0.2) is 6.20 Å². The Labute approximate surface area is 98.0 Å². The molecule has 2 aliphatic rings. The summed E-state index contributed by atoms with van der Waals surface area (Å²) in [5, 5.41) is 4.91. The molecule has 3 rings (SSSR count). The lowest BCUT2D eigenvalue weighted by Crippen LogP contribution is -2.38. The summed E-state index contributed by atoms with van der Waals surface area (Å²) in [5.41, 5.74) is 3.59. The summed E-state index contributed by atoms with van der Waals surface area (Å²) < 4.78 is 2.18. The minimum absolute atomic E-state index is 0.127. The smallest absolute Gasteiger partial charge is 0.0718 e. The molecule has 0 amide bonds. The van der Waals surface area contributed by atoms with Crippen LogP contribution in [0.2, 0.25) is 0 Å². The van der Waals surface area contributed by atoms with Gasteiger partial charge in [-0.05, 0) is 58.4 Å². The summed E-state index contributed by atoms with van der Waals surface area (Å²) in [5.74, 6) is 0. The summed E-state index contributed by atoms with van der Waals surface area (Å²) in [6, 6.07) is 0. The molecule has 0 bridgehead atoms. The Bertz CT molecular complexity index is 405. The number of aromatic nitrogens is 2. The normalized spacial score (nSPS) is 22.9. The van der Waals surface area contributed by atoms with Crippen LogP contribution in [0.1, 0.15) is 64.1 Å². The van der Waals surface area contributed by atoms with Crippen LogP contribution >= 0.6 is 0 Å². The van der Waals surface area contributed by atoms with Crippen molar-refractivity contribution in [3.8, 4) is 0 Å². The van der Waals surface area contributed by atoms with Gasteiger partial charge in [0.25, 0.3) is 0 Å². The van der Waals surface area contributed by atoms with E-state index in [9.17, 15) is 0 Å². The molecule has 1 saturated carbocycles. The second kappa shape index (κ2) is 3.12. The molecule has 0 aliphatic heterocycles. The Morgan fingerprint density at radius 1 is 1.19 bits per heavy atom. The van der Waals surface area contributed by atoms with Crippen LogP contribution in [0, 0.1) is 0 Å². The number of aryl methyl sites for hydroxylation is 1. The zero-order valence-electron chi connectivity index (χ0n) is 10.7. The number of nitrogens with zero attached hydrogens (tertiary/aromatic N) is 2. The predicted molar refractivity (Wildman–Crippen MR) is 65.7 cm³/mol. The third-order valence-electron chi connectivity index (χ3n) is 4.39. The molecule has 0 saturated heterocycles. The number of hydrogen-bond donors (Lipinski definition) is 0. The molecule has 1 heterocycles. The van der Waals surface area contributed by atoms with Crippen LogP contribution in [0.25, 0.3) is 0 Å². The van der Waals surface area contributed by atoms with Gasteiger partial charge in [0, 0.05) is 11.6 Å². The van der Waals surface area contributed by atoms with Crippen molar-refractivity contribution in [3.05, 3.63) is 17.5 Å². The molecule has 88 valence electrons. The average Bonchev–Trinajstić information content (AvgIpc) is 2.57. The van der Waals surface area contributed by atoms with Crippen molar-refractivity contribution >= 4 is 0 Å². The molecular formula is C14H22N2. The molecule has 1 aromatic rings. The predicted octanol–water partition coefficient (Wildman–Crippen LogP) is 3.40. The molecule has 1 fully saturated rings. The Hall–Kier alpha value is -0.790. The highest BCUT2D eigenvalue weighted by Gasteiger charge is 2.44. The maximum Gasteiger partial charge on any atom is 0.0718 e. The quantitative estimate of drug-likeness (QED) is 0.652. The Morgan fingerprint density at radius 3 is 2.44 bits per heavy atom. The second-order valence-electron chi connectivity index (χ2n) is 6.61. The average molecular weight is 218 g/mol. The number of fused-ring (bicyclic) bond motifs is 2. The van der Waals surface area contributed by atoms with Gasteiger partial charge in [-0.15, -0.1) is 0 Å². The molecule has 0 aromatic carbocycles. The maximum atomic E-state index is 4.91. The molecule has 0 radical (unpaired) electrons. The zero-order chi connectivity index (χ0) is 11.4. The molecular weight excluding hydrogens is 196 g/mol. The third kappa shape index (κ3) is 1.35. The van der Waals surface area contributed by atoms with Crippen molar-refractivity contribution in [3.63, 3.8) is 0 Å². The number of rotatable bonds is 0. The van der Waals surface area contributed by atoms with Gasteiger partial charge in [0.1, 0.15) is 0 Å².